The van der Waals surface area contributed by atoms with Crippen LogP contribution in [0.15, 0.2) is 10.5 Å². The van der Waals surface area contributed by atoms with Crippen LogP contribution in [0, 0.1) is 6.92 Å². The summed E-state index contributed by atoms with van der Waals surface area (Å²) in [6.07, 6.45) is 0.960. The van der Waals surface area contributed by atoms with Gasteiger partial charge in [-0.25, -0.2) is 0 Å². The molecule has 0 unspecified atom stereocenters. The lowest BCUT2D eigenvalue weighted by Gasteiger charge is -2.12. The van der Waals surface area contributed by atoms with Crippen molar-refractivity contribution in [3.8, 4) is 0 Å². The van der Waals surface area contributed by atoms with Crippen molar-refractivity contribution in [1.82, 2.24) is 5.32 Å². The van der Waals surface area contributed by atoms with Gasteiger partial charge in [-0.1, -0.05) is 6.92 Å². The molecular weight excluding hydrogens is 262 g/mol. The fraction of sp³-hybridized carbons (Fsp3) is 0.600. The Kier molecular flexibility index (Phi) is 5.09. The third-order valence-corrected chi connectivity index (χ3v) is 4.32. The minimum atomic E-state index is 0.210. The van der Waals surface area contributed by atoms with Crippen LogP contribution in [0.25, 0.3) is 0 Å². The van der Waals surface area contributed by atoms with Gasteiger partial charge in [0.25, 0.3) is 0 Å². The van der Waals surface area contributed by atoms with E-state index in [0.29, 0.717) is 0 Å². The molecule has 4 heteroatoms. The molecule has 1 rings (SSSR count). The highest BCUT2D eigenvalue weighted by Gasteiger charge is 2.06. The van der Waals surface area contributed by atoms with Gasteiger partial charge in [0.15, 0.2) is 0 Å². The summed E-state index contributed by atoms with van der Waals surface area (Å²) < 4.78 is 1.18. The fourth-order valence-corrected chi connectivity index (χ4v) is 2.74. The summed E-state index contributed by atoms with van der Waals surface area (Å²) in [5.74, 6) is 0. The summed E-state index contributed by atoms with van der Waals surface area (Å²) in [7, 11) is 0. The zero-order valence-electron chi connectivity index (χ0n) is 8.51. The molecule has 14 heavy (non-hydrogen) atoms. The SMILES string of the molecule is CC[C@H](CO)NCc1cc(Br)c(C)s1. The fourth-order valence-electron chi connectivity index (χ4n) is 1.19. The van der Waals surface area contributed by atoms with Crippen molar-refractivity contribution in [1.29, 1.82) is 0 Å². The van der Waals surface area contributed by atoms with Crippen LogP contribution in [-0.4, -0.2) is 17.8 Å². The van der Waals surface area contributed by atoms with Crippen LogP contribution in [0.4, 0.5) is 0 Å². The van der Waals surface area contributed by atoms with Crippen LogP contribution in [0.3, 0.4) is 0 Å². The Morgan fingerprint density at radius 3 is 2.79 bits per heavy atom. The first-order valence-electron chi connectivity index (χ1n) is 4.76. The summed E-state index contributed by atoms with van der Waals surface area (Å²) in [6, 6.07) is 2.35. The third-order valence-electron chi connectivity index (χ3n) is 2.19. The predicted octanol–water partition coefficient (Wildman–Crippen LogP) is 2.68. The number of aliphatic hydroxyl groups is 1. The second kappa shape index (κ2) is 5.85. The average molecular weight is 278 g/mol. The van der Waals surface area contributed by atoms with Crippen LogP contribution in [0.1, 0.15) is 23.1 Å². The largest absolute Gasteiger partial charge is 0.395 e. The number of thiophene rings is 1. The molecule has 0 spiro atoms. The zero-order chi connectivity index (χ0) is 10.6. The molecule has 1 atom stereocenters. The molecule has 0 aromatic carbocycles. The molecular formula is C10H16BrNOS. The van der Waals surface area contributed by atoms with Gasteiger partial charge < -0.3 is 10.4 Å². The average Bonchev–Trinajstić information content (AvgIpc) is 2.48. The summed E-state index contributed by atoms with van der Waals surface area (Å²) in [5, 5.41) is 12.3. The summed E-state index contributed by atoms with van der Waals surface area (Å²) in [6.45, 7) is 5.23. The van der Waals surface area contributed by atoms with Gasteiger partial charge in [-0.2, -0.15) is 0 Å². The number of rotatable bonds is 5. The molecule has 2 N–H and O–H groups in total. The Bertz CT molecular complexity index is 264. The Morgan fingerprint density at radius 1 is 1.64 bits per heavy atom. The molecule has 0 amide bonds. The van der Waals surface area contributed by atoms with Crippen LogP contribution in [-0.2, 0) is 6.54 Å². The van der Waals surface area contributed by atoms with Crippen LogP contribution < -0.4 is 5.32 Å². The zero-order valence-corrected chi connectivity index (χ0v) is 10.9. The number of hydrogen-bond acceptors (Lipinski definition) is 3. The van der Waals surface area contributed by atoms with E-state index >= 15 is 0 Å². The first-order chi connectivity index (χ1) is 6.67. The first kappa shape index (κ1) is 12.2. The van der Waals surface area contributed by atoms with E-state index in [1.165, 1.54) is 14.2 Å². The highest BCUT2D eigenvalue weighted by Crippen LogP contribution is 2.26. The molecule has 1 aromatic rings. The van der Waals surface area contributed by atoms with Crippen molar-refractivity contribution >= 4 is 27.3 Å². The van der Waals surface area contributed by atoms with Crippen molar-refractivity contribution < 1.29 is 5.11 Å². The Morgan fingerprint density at radius 2 is 2.36 bits per heavy atom. The van der Waals surface area contributed by atoms with Crippen molar-refractivity contribution in [2.45, 2.75) is 32.9 Å². The van der Waals surface area contributed by atoms with E-state index < -0.39 is 0 Å². The number of aliphatic hydroxyl groups excluding tert-OH is 1. The van der Waals surface area contributed by atoms with E-state index in [1.54, 1.807) is 11.3 Å². The van der Waals surface area contributed by atoms with E-state index in [-0.39, 0.29) is 12.6 Å². The standard InChI is InChI=1S/C10H16BrNOS/c1-3-8(6-13)12-5-9-4-10(11)7(2)14-9/h4,8,12-13H,3,5-6H2,1-2H3/t8-/m1/s1. The summed E-state index contributed by atoms with van der Waals surface area (Å²) in [4.78, 5) is 2.61. The van der Waals surface area contributed by atoms with Crippen LogP contribution in [0.2, 0.25) is 0 Å². The van der Waals surface area contributed by atoms with Gasteiger partial charge in [-0.3, -0.25) is 0 Å². The molecule has 0 aliphatic rings. The minimum Gasteiger partial charge on any atom is -0.395 e. The predicted molar refractivity (Wildman–Crippen MR) is 64.8 cm³/mol. The second-order valence-electron chi connectivity index (χ2n) is 3.29. The number of aryl methyl sites for hydroxylation is 1. The van der Waals surface area contributed by atoms with Crippen molar-refractivity contribution in [3.05, 3.63) is 20.3 Å². The van der Waals surface area contributed by atoms with Gasteiger partial charge in [-0.05, 0) is 35.3 Å². The lowest BCUT2D eigenvalue weighted by molar-refractivity contribution is 0.238. The molecule has 0 aliphatic carbocycles. The molecule has 0 saturated heterocycles. The molecule has 1 heterocycles. The number of hydrogen-bond donors (Lipinski definition) is 2. The van der Waals surface area contributed by atoms with E-state index in [1.807, 2.05) is 0 Å². The van der Waals surface area contributed by atoms with E-state index in [9.17, 15) is 0 Å². The third kappa shape index (κ3) is 3.35. The van der Waals surface area contributed by atoms with Gasteiger partial charge in [0.2, 0.25) is 0 Å². The maximum Gasteiger partial charge on any atom is 0.0584 e. The van der Waals surface area contributed by atoms with Gasteiger partial charge in [-0.15, -0.1) is 11.3 Å². The Hall–Kier alpha value is 0.1000. The van der Waals surface area contributed by atoms with Crippen molar-refractivity contribution in [2.75, 3.05) is 6.61 Å². The summed E-state index contributed by atoms with van der Waals surface area (Å²) in [5.41, 5.74) is 0. The van der Waals surface area contributed by atoms with Gasteiger partial charge in [0.05, 0.1) is 6.61 Å². The topological polar surface area (TPSA) is 32.3 Å². The van der Waals surface area contributed by atoms with Gasteiger partial charge >= 0.3 is 0 Å². The highest BCUT2D eigenvalue weighted by molar-refractivity contribution is 9.10. The maximum atomic E-state index is 9.00. The maximum absolute atomic E-state index is 9.00. The van der Waals surface area contributed by atoms with Crippen molar-refractivity contribution in [3.63, 3.8) is 0 Å². The molecule has 0 aliphatic heterocycles. The number of nitrogens with one attached hydrogen (secondary N) is 1. The van der Waals surface area contributed by atoms with E-state index in [2.05, 4.69) is 41.2 Å². The highest BCUT2D eigenvalue weighted by atomic mass is 79.9. The number of halogens is 1. The lowest BCUT2D eigenvalue weighted by Crippen LogP contribution is -2.30. The normalized spacial score (nSPS) is 13.1. The molecule has 80 valence electrons. The quantitative estimate of drug-likeness (QED) is 0.868. The smallest absolute Gasteiger partial charge is 0.0584 e. The van der Waals surface area contributed by atoms with Crippen LogP contribution >= 0.6 is 27.3 Å². The van der Waals surface area contributed by atoms with Crippen molar-refractivity contribution in [2.24, 2.45) is 0 Å². The molecule has 0 fully saturated rings. The molecule has 0 radical (unpaired) electrons. The molecule has 0 bridgehead atoms. The summed E-state index contributed by atoms with van der Waals surface area (Å²) >= 11 is 5.28. The minimum absolute atomic E-state index is 0.210. The van der Waals surface area contributed by atoms with E-state index in [0.717, 1.165) is 13.0 Å². The molecule has 2 nitrogen and oxygen atoms in total. The van der Waals surface area contributed by atoms with E-state index in [4.69, 9.17) is 5.11 Å². The Balaban J connectivity index is 2.45. The van der Waals surface area contributed by atoms with Crippen LogP contribution in [0.5, 0.6) is 0 Å². The first-order valence-corrected chi connectivity index (χ1v) is 6.37. The Labute approximate surface area is 97.5 Å². The molecule has 0 saturated carbocycles. The lowest BCUT2D eigenvalue weighted by atomic mass is 10.2. The van der Waals surface area contributed by atoms with Gasteiger partial charge in [0.1, 0.15) is 0 Å². The monoisotopic (exact) mass is 277 g/mol. The second-order valence-corrected chi connectivity index (χ2v) is 5.48. The van der Waals surface area contributed by atoms with Gasteiger partial charge in [0, 0.05) is 26.8 Å². The molecule has 1 aromatic heterocycles.